The summed E-state index contributed by atoms with van der Waals surface area (Å²) in [6.07, 6.45) is 3.68. The van der Waals surface area contributed by atoms with E-state index in [9.17, 15) is 13.5 Å². The van der Waals surface area contributed by atoms with Gasteiger partial charge in [0.25, 0.3) is 0 Å². The van der Waals surface area contributed by atoms with Gasteiger partial charge in [0.2, 0.25) is 10.0 Å². The standard InChI is InChI=1S/C21H25N5O3S/c1-4-16(12-27)26-30(28,29)17-6-5-13(2)18(10-17)19-11-24-21(22)20(25-19)15-7-8-23-14(3)9-15/h5-11,16,26-27H,4,12H2,1-3H3,(H2,22,24). The van der Waals surface area contributed by atoms with Crippen LogP contribution < -0.4 is 10.5 Å². The lowest BCUT2D eigenvalue weighted by Gasteiger charge is -2.16. The van der Waals surface area contributed by atoms with E-state index in [0.717, 1.165) is 16.8 Å². The van der Waals surface area contributed by atoms with Crippen molar-refractivity contribution >= 4 is 15.8 Å². The van der Waals surface area contributed by atoms with Crippen LogP contribution in [0.4, 0.5) is 5.82 Å². The molecular weight excluding hydrogens is 402 g/mol. The third kappa shape index (κ3) is 4.64. The number of benzene rings is 1. The Morgan fingerprint density at radius 1 is 1.17 bits per heavy atom. The first-order chi connectivity index (χ1) is 14.2. The number of hydrogen-bond donors (Lipinski definition) is 3. The molecule has 2 heterocycles. The number of aliphatic hydroxyl groups excluding tert-OH is 1. The summed E-state index contributed by atoms with van der Waals surface area (Å²) in [5, 5.41) is 9.34. The van der Waals surface area contributed by atoms with Crippen molar-refractivity contribution in [2.45, 2.75) is 38.1 Å². The summed E-state index contributed by atoms with van der Waals surface area (Å²) >= 11 is 0. The van der Waals surface area contributed by atoms with Gasteiger partial charge in [-0.25, -0.2) is 23.1 Å². The summed E-state index contributed by atoms with van der Waals surface area (Å²) in [6, 6.07) is 7.93. The average Bonchev–Trinajstić information content (AvgIpc) is 2.72. The molecule has 9 heteroatoms. The van der Waals surface area contributed by atoms with Gasteiger partial charge >= 0.3 is 0 Å². The number of anilines is 1. The predicted octanol–water partition coefficient (Wildman–Crippen LogP) is 2.45. The number of nitrogens with zero attached hydrogens (tertiary/aromatic N) is 3. The Morgan fingerprint density at radius 2 is 1.93 bits per heavy atom. The summed E-state index contributed by atoms with van der Waals surface area (Å²) < 4.78 is 28.0. The Hall–Kier alpha value is -2.88. The van der Waals surface area contributed by atoms with Gasteiger partial charge < -0.3 is 10.8 Å². The second kappa shape index (κ2) is 8.86. The Balaban J connectivity index is 2.07. The molecule has 0 spiro atoms. The number of aromatic nitrogens is 3. The molecule has 3 rings (SSSR count). The van der Waals surface area contributed by atoms with E-state index < -0.39 is 16.1 Å². The SMILES string of the molecule is CCC(CO)NS(=O)(=O)c1ccc(C)c(-c2cnc(N)c(-c3ccnc(C)c3)n2)c1. The molecule has 8 nitrogen and oxygen atoms in total. The van der Waals surface area contributed by atoms with Gasteiger partial charge in [0.15, 0.2) is 0 Å². The highest BCUT2D eigenvalue weighted by atomic mass is 32.2. The maximum Gasteiger partial charge on any atom is 0.240 e. The molecule has 1 unspecified atom stereocenters. The molecule has 30 heavy (non-hydrogen) atoms. The van der Waals surface area contributed by atoms with Gasteiger partial charge in [-0.2, -0.15) is 0 Å². The molecule has 1 aromatic carbocycles. The zero-order valence-corrected chi connectivity index (χ0v) is 17.9. The molecule has 0 amide bonds. The fourth-order valence-corrected chi connectivity index (χ4v) is 4.35. The van der Waals surface area contributed by atoms with Gasteiger partial charge in [-0.15, -0.1) is 0 Å². The smallest absolute Gasteiger partial charge is 0.240 e. The zero-order valence-electron chi connectivity index (χ0n) is 17.1. The van der Waals surface area contributed by atoms with E-state index in [1.165, 1.54) is 12.3 Å². The first-order valence-electron chi connectivity index (χ1n) is 9.55. The molecule has 0 aliphatic carbocycles. The molecule has 2 aromatic heterocycles. The first kappa shape index (κ1) is 21.8. The maximum atomic E-state index is 12.8. The van der Waals surface area contributed by atoms with E-state index in [2.05, 4.69) is 19.7 Å². The summed E-state index contributed by atoms with van der Waals surface area (Å²) in [7, 11) is -3.80. The Bertz CT molecular complexity index is 1160. The minimum absolute atomic E-state index is 0.0925. The number of nitrogens with two attached hydrogens (primary N) is 1. The lowest BCUT2D eigenvalue weighted by Crippen LogP contribution is -2.36. The van der Waals surface area contributed by atoms with Crippen LogP contribution in [0.3, 0.4) is 0 Å². The zero-order chi connectivity index (χ0) is 21.9. The van der Waals surface area contributed by atoms with Crippen LogP contribution in [0.25, 0.3) is 22.5 Å². The number of hydrogen-bond acceptors (Lipinski definition) is 7. The molecule has 0 bridgehead atoms. The number of nitrogens with one attached hydrogen (secondary N) is 1. The minimum atomic E-state index is -3.80. The minimum Gasteiger partial charge on any atom is -0.395 e. The quantitative estimate of drug-likeness (QED) is 0.528. The molecule has 0 fully saturated rings. The van der Waals surface area contributed by atoms with E-state index in [1.807, 2.05) is 19.9 Å². The molecule has 158 valence electrons. The summed E-state index contributed by atoms with van der Waals surface area (Å²) in [6.45, 7) is 5.28. The summed E-state index contributed by atoms with van der Waals surface area (Å²) in [5.74, 6) is 0.279. The van der Waals surface area contributed by atoms with Gasteiger partial charge in [-0.3, -0.25) is 4.98 Å². The van der Waals surface area contributed by atoms with E-state index in [4.69, 9.17) is 5.73 Å². The second-order valence-electron chi connectivity index (χ2n) is 7.06. The summed E-state index contributed by atoms with van der Waals surface area (Å²) in [5.41, 5.74) is 10.2. The van der Waals surface area contributed by atoms with Gasteiger partial charge in [0.1, 0.15) is 11.5 Å². The molecule has 0 aliphatic heterocycles. The van der Waals surface area contributed by atoms with Gasteiger partial charge in [0, 0.05) is 29.1 Å². The third-order valence-corrected chi connectivity index (χ3v) is 6.32. The number of nitrogen functional groups attached to an aromatic ring is 1. The molecule has 0 radical (unpaired) electrons. The summed E-state index contributed by atoms with van der Waals surface area (Å²) in [4.78, 5) is 13.2. The highest BCUT2D eigenvalue weighted by molar-refractivity contribution is 7.89. The molecule has 0 aliphatic rings. The number of aliphatic hydroxyl groups is 1. The number of pyridine rings is 1. The normalized spacial score (nSPS) is 12.7. The Morgan fingerprint density at radius 3 is 2.60 bits per heavy atom. The van der Waals surface area contributed by atoms with Crippen molar-refractivity contribution in [3.05, 3.63) is 54.0 Å². The average molecular weight is 428 g/mol. The molecular formula is C21H25N5O3S. The van der Waals surface area contributed by atoms with Crippen LogP contribution in [-0.4, -0.2) is 41.1 Å². The van der Waals surface area contributed by atoms with Gasteiger partial charge in [-0.1, -0.05) is 13.0 Å². The van der Waals surface area contributed by atoms with Crippen LogP contribution in [0.15, 0.2) is 47.6 Å². The second-order valence-corrected chi connectivity index (χ2v) is 8.77. The predicted molar refractivity (Wildman–Crippen MR) is 116 cm³/mol. The fraction of sp³-hybridized carbons (Fsp3) is 0.286. The lowest BCUT2D eigenvalue weighted by molar-refractivity contribution is 0.254. The lowest BCUT2D eigenvalue weighted by atomic mass is 10.1. The van der Waals surface area contributed by atoms with E-state index >= 15 is 0 Å². The van der Waals surface area contributed by atoms with Crippen molar-refractivity contribution in [2.24, 2.45) is 0 Å². The van der Waals surface area contributed by atoms with Gasteiger partial charge in [0.05, 0.1) is 23.4 Å². The van der Waals surface area contributed by atoms with Gasteiger partial charge in [-0.05, 0) is 50.1 Å². The van der Waals surface area contributed by atoms with Crippen molar-refractivity contribution in [1.82, 2.24) is 19.7 Å². The Labute approximate surface area is 176 Å². The van der Waals surface area contributed by atoms with Crippen molar-refractivity contribution in [2.75, 3.05) is 12.3 Å². The van der Waals surface area contributed by atoms with Crippen molar-refractivity contribution in [1.29, 1.82) is 0 Å². The van der Waals surface area contributed by atoms with Crippen LogP contribution in [0.5, 0.6) is 0 Å². The fourth-order valence-electron chi connectivity index (χ4n) is 3.01. The molecule has 0 saturated heterocycles. The van der Waals surface area contributed by atoms with Crippen LogP contribution >= 0.6 is 0 Å². The van der Waals surface area contributed by atoms with E-state index in [1.54, 1.807) is 31.3 Å². The monoisotopic (exact) mass is 427 g/mol. The van der Waals surface area contributed by atoms with Crippen LogP contribution in [-0.2, 0) is 10.0 Å². The molecule has 3 aromatic rings. The van der Waals surface area contributed by atoms with Crippen LogP contribution in [0, 0.1) is 13.8 Å². The molecule has 4 N–H and O–H groups in total. The van der Waals surface area contributed by atoms with Crippen molar-refractivity contribution in [3.8, 4) is 22.5 Å². The topological polar surface area (TPSA) is 131 Å². The van der Waals surface area contributed by atoms with Crippen LogP contribution in [0.2, 0.25) is 0 Å². The Kier molecular flexibility index (Phi) is 6.45. The third-order valence-electron chi connectivity index (χ3n) is 4.80. The van der Waals surface area contributed by atoms with E-state index in [-0.39, 0.29) is 17.3 Å². The van der Waals surface area contributed by atoms with Crippen molar-refractivity contribution < 1.29 is 13.5 Å². The highest BCUT2D eigenvalue weighted by Gasteiger charge is 2.20. The maximum absolute atomic E-state index is 12.8. The number of rotatable bonds is 7. The van der Waals surface area contributed by atoms with Crippen molar-refractivity contribution in [3.63, 3.8) is 0 Å². The first-order valence-corrected chi connectivity index (χ1v) is 11.0. The number of sulfonamides is 1. The molecule has 0 saturated carbocycles. The number of aryl methyl sites for hydroxylation is 2. The largest absolute Gasteiger partial charge is 0.395 e. The highest BCUT2D eigenvalue weighted by Crippen LogP contribution is 2.29. The van der Waals surface area contributed by atoms with E-state index in [0.29, 0.717) is 23.4 Å². The molecule has 1 atom stereocenters. The van der Waals surface area contributed by atoms with Crippen LogP contribution in [0.1, 0.15) is 24.6 Å².